The number of rotatable bonds is 8. The number of hydrogen-bond donors (Lipinski definition) is 2. The van der Waals surface area contributed by atoms with Gasteiger partial charge < -0.3 is 20.3 Å². The SMILES string of the molecule is Cn1cc(-c2ccc(N(C(=O)NCc3ccccc3)[C@H]3CC[C@H](Nc4ncc(C#N)c(N5CCC6(COC6)C5)n4)CC3)nn2)cn1. The van der Waals surface area contributed by atoms with E-state index >= 15 is 0 Å². The van der Waals surface area contributed by atoms with Gasteiger partial charge in [-0.1, -0.05) is 30.3 Å². The molecule has 46 heavy (non-hydrogen) atoms. The fourth-order valence-corrected chi connectivity index (χ4v) is 6.64. The Morgan fingerprint density at radius 1 is 1.11 bits per heavy atom. The Hall–Kier alpha value is -5.09. The molecule has 1 aromatic carbocycles. The summed E-state index contributed by atoms with van der Waals surface area (Å²) >= 11 is 0. The number of nitrogens with zero attached hydrogens (tertiary/aromatic N) is 9. The molecule has 2 aliphatic heterocycles. The predicted molar refractivity (Wildman–Crippen MR) is 172 cm³/mol. The number of amides is 2. The van der Waals surface area contributed by atoms with Crippen LogP contribution in [0.15, 0.2) is 61.1 Å². The second-order valence-electron chi connectivity index (χ2n) is 12.6. The lowest BCUT2D eigenvalue weighted by Gasteiger charge is -2.37. The van der Waals surface area contributed by atoms with Crippen LogP contribution in [0.25, 0.3) is 11.3 Å². The van der Waals surface area contributed by atoms with E-state index in [-0.39, 0.29) is 23.5 Å². The molecule has 3 aliphatic rings. The number of aromatic nitrogens is 6. The van der Waals surface area contributed by atoms with Gasteiger partial charge in [-0.15, -0.1) is 10.2 Å². The highest BCUT2D eigenvalue weighted by molar-refractivity contribution is 5.91. The second kappa shape index (κ2) is 12.7. The zero-order valence-corrected chi connectivity index (χ0v) is 25.8. The van der Waals surface area contributed by atoms with Crippen LogP contribution in [0.5, 0.6) is 0 Å². The summed E-state index contributed by atoms with van der Waals surface area (Å²) in [5.41, 5.74) is 3.25. The summed E-state index contributed by atoms with van der Waals surface area (Å²) in [4.78, 5) is 26.9. The largest absolute Gasteiger partial charge is 0.380 e. The molecular weight excluding hydrogens is 582 g/mol. The van der Waals surface area contributed by atoms with Gasteiger partial charge in [-0.2, -0.15) is 15.3 Å². The van der Waals surface area contributed by atoms with E-state index < -0.39 is 0 Å². The van der Waals surface area contributed by atoms with Crippen LogP contribution in [0.1, 0.15) is 43.2 Å². The van der Waals surface area contributed by atoms with Crippen molar-refractivity contribution < 1.29 is 9.53 Å². The molecule has 13 heteroatoms. The Morgan fingerprint density at radius 2 is 1.93 bits per heavy atom. The lowest BCUT2D eigenvalue weighted by atomic mass is 9.85. The van der Waals surface area contributed by atoms with Crippen LogP contribution in [0, 0.1) is 16.7 Å². The lowest BCUT2D eigenvalue weighted by molar-refractivity contribution is -0.0985. The van der Waals surface area contributed by atoms with Gasteiger partial charge in [0.2, 0.25) is 5.95 Å². The normalized spacial score (nSPS) is 20.1. The molecule has 0 atom stereocenters. The summed E-state index contributed by atoms with van der Waals surface area (Å²) in [5, 5.41) is 29.5. The van der Waals surface area contributed by atoms with E-state index in [2.05, 4.69) is 41.9 Å². The van der Waals surface area contributed by atoms with Crippen molar-refractivity contribution in [3.8, 4) is 17.3 Å². The molecule has 1 spiro atoms. The number of nitrogens with one attached hydrogen (secondary N) is 2. The minimum atomic E-state index is -0.205. The summed E-state index contributed by atoms with van der Waals surface area (Å²) in [6, 6.07) is 15.7. The molecular formula is C33H37N11O2. The molecule has 5 heterocycles. The molecule has 0 bridgehead atoms. The third-order valence-corrected chi connectivity index (χ3v) is 9.24. The van der Waals surface area contributed by atoms with Gasteiger partial charge in [0.25, 0.3) is 0 Å². The van der Waals surface area contributed by atoms with Crippen molar-refractivity contribution >= 4 is 23.6 Å². The van der Waals surface area contributed by atoms with Gasteiger partial charge in [-0.3, -0.25) is 9.58 Å². The summed E-state index contributed by atoms with van der Waals surface area (Å²) < 4.78 is 7.19. The summed E-state index contributed by atoms with van der Waals surface area (Å²) in [6.07, 6.45) is 9.45. The molecule has 2 saturated heterocycles. The van der Waals surface area contributed by atoms with Crippen LogP contribution in [-0.2, 0) is 18.3 Å². The summed E-state index contributed by atoms with van der Waals surface area (Å²) in [7, 11) is 1.86. The van der Waals surface area contributed by atoms with Gasteiger partial charge in [-0.05, 0) is 49.8 Å². The maximum absolute atomic E-state index is 13.7. The van der Waals surface area contributed by atoms with E-state index in [4.69, 9.17) is 9.72 Å². The quantitative estimate of drug-likeness (QED) is 0.297. The molecule has 2 amide bonds. The number of aryl methyl sites for hydroxylation is 1. The van der Waals surface area contributed by atoms with Crippen molar-refractivity contribution in [1.82, 2.24) is 35.3 Å². The fourth-order valence-electron chi connectivity index (χ4n) is 6.64. The molecule has 3 fully saturated rings. The number of anilines is 3. The third kappa shape index (κ3) is 6.21. The molecule has 236 valence electrons. The highest BCUT2D eigenvalue weighted by Gasteiger charge is 2.45. The molecule has 2 N–H and O–H groups in total. The van der Waals surface area contributed by atoms with Crippen molar-refractivity contribution in [1.29, 1.82) is 5.26 Å². The summed E-state index contributed by atoms with van der Waals surface area (Å²) in [6.45, 7) is 3.65. The molecule has 3 aromatic heterocycles. The van der Waals surface area contributed by atoms with Gasteiger partial charge in [0.1, 0.15) is 11.6 Å². The van der Waals surface area contributed by atoms with E-state index in [9.17, 15) is 10.1 Å². The molecule has 0 unspecified atom stereocenters. The zero-order chi connectivity index (χ0) is 31.5. The first-order valence-corrected chi connectivity index (χ1v) is 15.8. The van der Waals surface area contributed by atoms with Crippen molar-refractivity contribution in [2.24, 2.45) is 12.5 Å². The second-order valence-corrected chi connectivity index (χ2v) is 12.6. The molecule has 1 aliphatic carbocycles. The Balaban J connectivity index is 1.04. The zero-order valence-electron chi connectivity index (χ0n) is 25.8. The van der Waals surface area contributed by atoms with Crippen molar-refractivity contribution in [3.63, 3.8) is 0 Å². The summed E-state index contributed by atoms with van der Waals surface area (Å²) in [5.74, 6) is 1.72. The first kappa shape index (κ1) is 29.6. The number of urea groups is 1. The number of benzene rings is 1. The van der Waals surface area contributed by atoms with Gasteiger partial charge >= 0.3 is 6.03 Å². The van der Waals surface area contributed by atoms with Gasteiger partial charge in [0, 0.05) is 55.9 Å². The number of nitriles is 1. The number of carbonyl (C=O) groups excluding carboxylic acids is 1. The molecule has 7 rings (SSSR count). The van der Waals surface area contributed by atoms with Crippen LogP contribution in [-0.4, -0.2) is 74.4 Å². The monoisotopic (exact) mass is 619 g/mol. The van der Waals surface area contributed by atoms with E-state index in [1.807, 2.05) is 55.7 Å². The van der Waals surface area contributed by atoms with Crippen molar-refractivity contribution in [3.05, 3.63) is 72.2 Å². The molecule has 1 saturated carbocycles. The fraction of sp³-hybridized carbons (Fsp3) is 0.424. The standard InChI is InChI=1S/C33H37N11O2/c1-42-19-25(18-37-42)28-11-12-29(41-40-28)44(32(45)36-16-23-5-3-2-4-6-23)27-9-7-26(8-10-27)38-31-35-17-24(15-34)30(39-31)43-14-13-33(20-43)21-46-22-33/h2-6,11-12,17-19,26-27H,7-10,13-14,16,20-22H2,1H3,(H,36,45)(H,35,38,39)/t26-,27-. The van der Waals surface area contributed by atoms with E-state index in [1.165, 1.54) is 0 Å². The Bertz CT molecular complexity index is 1710. The first-order valence-electron chi connectivity index (χ1n) is 15.8. The molecule has 0 radical (unpaired) electrons. The minimum absolute atomic E-state index is 0.0599. The van der Waals surface area contributed by atoms with Gasteiger partial charge in [-0.25, -0.2) is 9.78 Å². The predicted octanol–water partition coefficient (Wildman–Crippen LogP) is 3.90. The highest BCUT2D eigenvalue weighted by atomic mass is 16.5. The topological polar surface area (TPSA) is 150 Å². The Labute approximate surface area is 267 Å². The van der Waals surface area contributed by atoms with Crippen molar-refractivity contribution in [2.75, 3.05) is 41.4 Å². The van der Waals surface area contributed by atoms with Crippen LogP contribution in [0.4, 0.5) is 22.4 Å². The van der Waals surface area contributed by atoms with E-state index in [0.29, 0.717) is 35.4 Å². The van der Waals surface area contributed by atoms with Crippen LogP contribution >= 0.6 is 0 Å². The lowest BCUT2D eigenvalue weighted by Crippen LogP contribution is -2.49. The van der Waals surface area contributed by atoms with Crippen molar-refractivity contribution in [2.45, 2.75) is 50.7 Å². The Kier molecular flexibility index (Phi) is 8.19. The average molecular weight is 620 g/mol. The molecule has 13 nitrogen and oxygen atoms in total. The van der Waals surface area contributed by atoms with Crippen LogP contribution < -0.4 is 20.4 Å². The first-order chi connectivity index (χ1) is 22.5. The number of ether oxygens (including phenoxy) is 1. The smallest absolute Gasteiger partial charge is 0.323 e. The maximum Gasteiger partial charge on any atom is 0.323 e. The highest BCUT2D eigenvalue weighted by Crippen LogP contribution is 2.40. The van der Waals surface area contributed by atoms with E-state index in [1.54, 1.807) is 22.0 Å². The van der Waals surface area contributed by atoms with E-state index in [0.717, 1.165) is 69.5 Å². The average Bonchev–Trinajstić information content (AvgIpc) is 3.73. The third-order valence-electron chi connectivity index (χ3n) is 9.24. The van der Waals surface area contributed by atoms with Crippen LogP contribution in [0.2, 0.25) is 0 Å². The van der Waals surface area contributed by atoms with Gasteiger partial charge in [0.05, 0.1) is 31.3 Å². The maximum atomic E-state index is 13.7. The number of carbonyl (C=O) groups is 1. The Morgan fingerprint density at radius 3 is 2.59 bits per heavy atom. The van der Waals surface area contributed by atoms with Gasteiger partial charge in [0.15, 0.2) is 11.6 Å². The number of hydrogen-bond acceptors (Lipinski definition) is 10. The minimum Gasteiger partial charge on any atom is -0.380 e. The van der Waals surface area contributed by atoms with Crippen LogP contribution in [0.3, 0.4) is 0 Å². The molecule has 4 aromatic rings.